The van der Waals surface area contributed by atoms with Gasteiger partial charge in [-0.2, -0.15) is 0 Å². The predicted molar refractivity (Wildman–Crippen MR) is 184 cm³/mol. The molecule has 1 unspecified atom stereocenters. The van der Waals surface area contributed by atoms with E-state index >= 15 is 0 Å². The van der Waals surface area contributed by atoms with E-state index in [9.17, 15) is 18.0 Å². The lowest BCUT2D eigenvalue weighted by molar-refractivity contribution is -0.135. The fourth-order valence-corrected chi connectivity index (χ4v) is 8.45. The molecule has 0 spiro atoms. The monoisotopic (exact) mass is 686 g/mol. The third-order valence-corrected chi connectivity index (χ3v) is 11.0. The predicted octanol–water partition coefficient (Wildman–Crippen LogP) is 7.17. The number of fused-ring (bicyclic) bond motifs is 1. The molecule has 1 saturated carbocycles. The van der Waals surface area contributed by atoms with Gasteiger partial charge in [-0.3, -0.25) is 4.79 Å². The van der Waals surface area contributed by atoms with Crippen molar-refractivity contribution in [2.24, 2.45) is 5.16 Å². The largest absolute Gasteiger partial charge is 0.461 e. The SMILES string of the molecule is C.CCOC(=O)C1=NOC(c2ccccc2)(c2ccccc2)C1.COC1CCS(=O)(=O)c2c(C)cc(C(=O)c3cnoc3C3CC3)c(C)c21. The molecule has 258 valence electrons. The third-order valence-electron chi connectivity index (χ3n) is 9.09. The lowest BCUT2D eigenvalue weighted by atomic mass is 9.82. The molecular formula is C38H42N2O8S. The molecule has 11 heteroatoms. The van der Waals surface area contributed by atoms with Crippen molar-refractivity contribution in [3.8, 4) is 0 Å². The Labute approximate surface area is 287 Å². The van der Waals surface area contributed by atoms with E-state index in [1.54, 1.807) is 33.9 Å². The zero-order valence-electron chi connectivity index (χ0n) is 27.4. The molecule has 1 fully saturated rings. The molecule has 7 rings (SSSR count). The van der Waals surface area contributed by atoms with Gasteiger partial charge in [0.2, 0.25) is 0 Å². The molecule has 1 aliphatic carbocycles. The second-order valence-corrected chi connectivity index (χ2v) is 14.3. The Kier molecular flexibility index (Phi) is 10.5. The minimum atomic E-state index is -3.37. The first-order valence-corrected chi connectivity index (χ1v) is 17.7. The number of oxime groups is 1. The zero-order valence-corrected chi connectivity index (χ0v) is 28.2. The molecule has 3 aromatic carbocycles. The average Bonchev–Trinajstić information content (AvgIpc) is 3.63. The van der Waals surface area contributed by atoms with E-state index in [1.165, 1.54) is 6.20 Å². The van der Waals surface area contributed by atoms with Crippen LogP contribution in [-0.4, -0.2) is 50.5 Å². The van der Waals surface area contributed by atoms with Crippen LogP contribution in [0.2, 0.25) is 0 Å². The third kappa shape index (κ3) is 6.82. The quantitative estimate of drug-likeness (QED) is 0.140. The van der Waals surface area contributed by atoms with Crippen molar-refractivity contribution < 1.29 is 36.8 Å². The normalized spacial score (nSPS) is 18.4. The van der Waals surface area contributed by atoms with Gasteiger partial charge < -0.3 is 18.8 Å². The number of methoxy groups -OCH3 is 1. The summed E-state index contributed by atoms with van der Waals surface area (Å²) in [5.74, 6) is 0.373. The minimum absolute atomic E-state index is 0. The zero-order chi connectivity index (χ0) is 34.1. The Morgan fingerprint density at radius 1 is 0.959 bits per heavy atom. The Hall–Kier alpha value is -4.61. The van der Waals surface area contributed by atoms with E-state index in [4.69, 9.17) is 18.8 Å². The van der Waals surface area contributed by atoms with Crippen LogP contribution < -0.4 is 0 Å². The summed E-state index contributed by atoms with van der Waals surface area (Å²) in [4.78, 5) is 31.2. The highest BCUT2D eigenvalue weighted by Gasteiger charge is 2.45. The lowest BCUT2D eigenvalue weighted by Gasteiger charge is -2.28. The van der Waals surface area contributed by atoms with Gasteiger partial charge in [-0.15, -0.1) is 0 Å². The Bertz CT molecular complexity index is 1930. The van der Waals surface area contributed by atoms with Crippen LogP contribution in [0, 0.1) is 13.8 Å². The second-order valence-electron chi connectivity index (χ2n) is 12.2. The summed E-state index contributed by atoms with van der Waals surface area (Å²) >= 11 is 0. The molecule has 0 amide bonds. The van der Waals surface area contributed by atoms with E-state index in [0.717, 1.165) is 24.0 Å². The highest BCUT2D eigenvalue weighted by molar-refractivity contribution is 7.91. The lowest BCUT2D eigenvalue weighted by Crippen LogP contribution is -2.29. The molecule has 0 saturated heterocycles. The van der Waals surface area contributed by atoms with Crippen LogP contribution in [0.25, 0.3) is 0 Å². The maximum atomic E-state index is 13.2. The minimum Gasteiger partial charge on any atom is -0.461 e. The first kappa shape index (κ1) is 35.7. The highest BCUT2D eigenvalue weighted by atomic mass is 32.2. The number of esters is 1. The molecule has 0 radical (unpaired) electrons. The molecule has 10 nitrogen and oxygen atoms in total. The van der Waals surface area contributed by atoms with Crippen LogP contribution in [0.15, 0.2) is 87.5 Å². The molecule has 2 aliphatic heterocycles. The Morgan fingerprint density at radius 3 is 2.16 bits per heavy atom. The van der Waals surface area contributed by atoms with Crippen molar-refractivity contribution >= 4 is 27.3 Å². The van der Waals surface area contributed by atoms with Gasteiger partial charge in [-0.25, -0.2) is 13.2 Å². The fourth-order valence-electron chi connectivity index (χ4n) is 6.55. The van der Waals surface area contributed by atoms with E-state index in [-0.39, 0.29) is 31.0 Å². The maximum absolute atomic E-state index is 13.2. The van der Waals surface area contributed by atoms with Crippen molar-refractivity contribution in [3.63, 3.8) is 0 Å². The summed E-state index contributed by atoms with van der Waals surface area (Å²) in [6.45, 7) is 5.63. The van der Waals surface area contributed by atoms with Gasteiger partial charge in [-0.1, -0.05) is 78.4 Å². The second kappa shape index (κ2) is 14.5. The number of aryl methyl sites for hydroxylation is 1. The number of aromatic nitrogens is 1. The fraction of sp³-hybridized carbons (Fsp3) is 0.368. The Balaban J connectivity index is 0.000000190. The van der Waals surface area contributed by atoms with Gasteiger partial charge in [0.25, 0.3) is 0 Å². The number of nitrogens with zero attached hydrogens (tertiary/aromatic N) is 2. The van der Waals surface area contributed by atoms with Crippen LogP contribution in [0.1, 0.15) is 102 Å². The topological polar surface area (TPSA) is 134 Å². The summed E-state index contributed by atoms with van der Waals surface area (Å²) in [5.41, 5.74) is 4.29. The number of benzene rings is 3. The molecule has 4 aromatic rings. The van der Waals surface area contributed by atoms with Crippen LogP contribution in [-0.2, 0) is 34.5 Å². The van der Waals surface area contributed by atoms with Crippen LogP contribution in [0.4, 0.5) is 0 Å². The summed E-state index contributed by atoms with van der Waals surface area (Å²) in [7, 11) is -1.80. The van der Waals surface area contributed by atoms with Crippen molar-refractivity contribution in [1.82, 2.24) is 5.16 Å². The number of carbonyl (C=O) groups is 2. The van der Waals surface area contributed by atoms with E-state index < -0.39 is 21.4 Å². The van der Waals surface area contributed by atoms with Crippen molar-refractivity contribution in [1.29, 1.82) is 0 Å². The molecule has 0 N–H and O–H groups in total. The number of rotatable bonds is 8. The van der Waals surface area contributed by atoms with Gasteiger partial charge >= 0.3 is 5.97 Å². The maximum Gasteiger partial charge on any atom is 0.356 e. The highest BCUT2D eigenvalue weighted by Crippen LogP contribution is 2.44. The molecule has 1 aromatic heterocycles. The smallest absolute Gasteiger partial charge is 0.356 e. The molecular weight excluding hydrogens is 644 g/mol. The van der Waals surface area contributed by atoms with Crippen LogP contribution in [0.5, 0.6) is 0 Å². The van der Waals surface area contributed by atoms with Crippen molar-refractivity contribution in [2.45, 2.75) is 76.4 Å². The summed E-state index contributed by atoms with van der Waals surface area (Å²) in [6, 6.07) is 21.3. The molecule has 3 aliphatic rings. The van der Waals surface area contributed by atoms with Gasteiger partial charge in [0.15, 0.2) is 32.7 Å². The average molecular weight is 687 g/mol. The van der Waals surface area contributed by atoms with Crippen LogP contribution >= 0.6 is 0 Å². The summed E-state index contributed by atoms with van der Waals surface area (Å²) < 4.78 is 41.1. The van der Waals surface area contributed by atoms with Gasteiger partial charge in [-0.05, 0) is 57.2 Å². The Morgan fingerprint density at radius 2 is 1.59 bits per heavy atom. The van der Waals surface area contributed by atoms with Gasteiger partial charge in [0, 0.05) is 35.3 Å². The van der Waals surface area contributed by atoms with Crippen LogP contribution in [0.3, 0.4) is 0 Å². The standard InChI is InChI=1S/C19H21NO5S.C18H17NO3.CH4/c1-10-8-13(17(21)14-9-20-25-18(14)12-4-5-12)11(2)16-15(24-3)6-7-26(22,23)19(10)16;1-2-21-17(20)16-13-18(22-19-16,14-9-5-3-6-10-14)15-11-7-4-8-12-15;/h8-9,12,15H,4-7H2,1-3H3;3-12H,2,13H2,1H3;1H4. The molecule has 1 atom stereocenters. The number of hydrogen-bond donors (Lipinski definition) is 0. The number of carbonyl (C=O) groups excluding carboxylic acids is 2. The van der Waals surface area contributed by atoms with E-state index in [1.807, 2.05) is 60.7 Å². The number of ketones is 1. The van der Waals surface area contributed by atoms with E-state index in [0.29, 0.717) is 63.6 Å². The van der Waals surface area contributed by atoms with Gasteiger partial charge in [0.05, 0.1) is 41.5 Å². The van der Waals surface area contributed by atoms with Crippen molar-refractivity contribution in [3.05, 3.63) is 118 Å². The van der Waals surface area contributed by atoms with E-state index in [2.05, 4.69) is 10.3 Å². The summed E-state index contributed by atoms with van der Waals surface area (Å²) in [6.07, 6.45) is 3.90. The number of ether oxygens (including phenoxy) is 2. The number of sulfone groups is 1. The first-order chi connectivity index (χ1) is 23.1. The van der Waals surface area contributed by atoms with Gasteiger partial charge in [0.1, 0.15) is 0 Å². The molecule has 3 heterocycles. The first-order valence-electron chi connectivity index (χ1n) is 16.0. The summed E-state index contributed by atoms with van der Waals surface area (Å²) in [5, 5.41) is 7.81. The molecule has 49 heavy (non-hydrogen) atoms. The van der Waals surface area contributed by atoms with Crippen molar-refractivity contribution in [2.75, 3.05) is 19.5 Å². The number of hydrogen-bond acceptors (Lipinski definition) is 10. The molecule has 0 bridgehead atoms.